The second-order valence-electron chi connectivity index (χ2n) is 5.17. The molecular weight excluding hydrogens is 338 g/mol. The molecule has 1 amide bonds. The standard InChI is InChI=1S/C18H17N3O5/c1-23-15-8-5-13(9-16(15)24-2)20-17(22)10-25-14-6-3-12(4-7-14)18-21-19-11-26-18/h3-9,11H,10H2,1-2H3,(H,20,22). The van der Waals surface area contributed by atoms with Gasteiger partial charge in [-0.3, -0.25) is 4.79 Å². The van der Waals surface area contributed by atoms with Gasteiger partial charge in [0.05, 0.1) is 14.2 Å². The van der Waals surface area contributed by atoms with Crippen LogP contribution in [0.1, 0.15) is 0 Å². The van der Waals surface area contributed by atoms with E-state index in [1.54, 1.807) is 49.6 Å². The summed E-state index contributed by atoms with van der Waals surface area (Å²) >= 11 is 0. The zero-order chi connectivity index (χ0) is 18.4. The van der Waals surface area contributed by atoms with Gasteiger partial charge in [0.2, 0.25) is 12.3 Å². The number of nitrogens with one attached hydrogen (secondary N) is 1. The minimum absolute atomic E-state index is 0.131. The van der Waals surface area contributed by atoms with Gasteiger partial charge in [-0.25, -0.2) is 0 Å². The third kappa shape index (κ3) is 4.10. The van der Waals surface area contributed by atoms with E-state index >= 15 is 0 Å². The van der Waals surface area contributed by atoms with Crippen LogP contribution in [0.2, 0.25) is 0 Å². The molecule has 3 aromatic rings. The van der Waals surface area contributed by atoms with Gasteiger partial charge in [0.15, 0.2) is 18.1 Å². The highest BCUT2D eigenvalue weighted by Crippen LogP contribution is 2.29. The second-order valence-corrected chi connectivity index (χ2v) is 5.17. The molecule has 0 spiro atoms. The summed E-state index contributed by atoms with van der Waals surface area (Å²) in [6.45, 7) is -0.131. The number of methoxy groups -OCH3 is 2. The van der Waals surface area contributed by atoms with E-state index in [9.17, 15) is 4.79 Å². The number of carbonyl (C=O) groups excluding carboxylic acids is 1. The van der Waals surface area contributed by atoms with Crippen LogP contribution in [0.3, 0.4) is 0 Å². The van der Waals surface area contributed by atoms with Crippen molar-refractivity contribution in [2.75, 3.05) is 26.1 Å². The summed E-state index contributed by atoms with van der Waals surface area (Å²) in [6, 6.07) is 12.1. The number of rotatable bonds is 7. The maximum absolute atomic E-state index is 12.1. The highest BCUT2D eigenvalue weighted by Gasteiger charge is 2.09. The van der Waals surface area contributed by atoms with Gasteiger partial charge in [-0.1, -0.05) is 0 Å². The van der Waals surface area contributed by atoms with Crippen LogP contribution in [-0.2, 0) is 4.79 Å². The Bertz CT molecular complexity index is 863. The van der Waals surface area contributed by atoms with Crippen LogP contribution in [-0.4, -0.2) is 36.9 Å². The topological polar surface area (TPSA) is 95.7 Å². The smallest absolute Gasteiger partial charge is 0.262 e. The van der Waals surface area contributed by atoms with Crippen molar-refractivity contribution in [1.29, 1.82) is 0 Å². The van der Waals surface area contributed by atoms with Crippen LogP contribution in [0.4, 0.5) is 5.69 Å². The lowest BCUT2D eigenvalue weighted by Gasteiger charge is -2.11. The molecule has 0 atom stereocenters. The molecule has 0 unspecified atom stereocenters. The number of anilines is 1. The van der Waals surface area contributed by atoms with Gasteiger partial charge in [-0.15, -0.1) is 10.2 Å². The first-order chi connectivity index (χ1) is 12.7. The lowest BCUT2D eigenvalue weighted by molar-refractivity contribution is -0.118. The van der Waals surface area contributed by atoms with E-state index in [2.05, 4.69) is 15.5 Å². The Labute approximate surface area is 149 Å². The highest BCUT2D eigenvalue weighted by atomic mass is 16.5. The zero-order valence-corrected chi connectivity index (χ0v) is 14.3. The Morgan fingerprint density at radius 3 is 2.50 bits per heavy atom. The van der Waals surface area contributed by atoms with Crippen molar-refractivity contribution in [3.8, 4) is 28.7 Å². The lowest BCUT2D eigenvalue weighted by Crippen LogP contribution is -2.20. The Balaban J connectivity index is 1.55. The maximum Gasteiger partial charge on any atom is 0.262 e. The van der Waals surface area contributed by atoms with Gasteiger partial charge in [0.25, 0.3) is 5.91 Å². The fraction of sp³-hybridized carbons (Fsp3) is 0.167. The molecule has 1 N–H and O–H groups in total. The fourth-order valence-corrected chi connectivity index (χ4v) is 2.25. The Hall–Kier alpha value is -3.55. The molecule has 2 aromatic carbocycles. The first kappa shape index (κ1) is 17.3. The molecule has 0 saturated heterocycles. The molecule has 0 aliphatic rings. The van der Waals surface area contributed by atoms with Gasteiger partial charge in [-0.2, -0.15) is 0 Å². The maximum atomic E-state index is 12.1. The van der Waals surface area contributed by atoms with Crippen molar-refractivity contribution in [3.63, 3.8) is 0 Å². The molecule has 0 aliphatic carbocycles. The van der Waals surface area contributed by atoms with Crippen molar-refractivity contribution in [2.45, 2.75) is 0 Å². The molecule has 0 saturated carbocycles. The van der Waals surface area contributed by atoms with Crippen molar-refractivity contribution >= 4 is 11.6 Å². The number of aromatic nitrogens is 2. The number of carbonyl (C=O) groups is 1. The van der Waals surface area contributed by atoms with Gasteiger partial charge in [-0.05, 0) is 36.4 Å². The lowest BCUT2D eigenvalue weighted by atomic mass is 10.2. The quantitative estimate of drug-likeness (QED) is 0.696. The van der Waals surface area contributed by atoms with E-state index in [1.165, 1.54) is 13.5 Å². The summed E-state index contributed by atoms with van der Waals surface area (Å²) in [4.78, 5) is 12.1. The van der Waals surface area contributed by atoms with Crippen LogP contribution < -0.4 is 19.5 Å². The molecule has 8 nitrogen and oxygen atoms in total. The van der Waals surface area contributed by atoms with E-state index in [0.717, 1.165) is 5.56 Å². The summed E-state index contributed by atoms with van der Waals surface area (Å²) in [6.07, 6.45) is 1.26. The summed E-state index contributed by atoms with van der Waals surface area (Å²) in [5, 5.41) is 10.2. The fourth-order valence-electron chi connectivity index (χ4n) is 2.25. The normalized spacial score (nSPS) is 10.2. The van der Waals surface area contributed by atoms with Gasteiger partial charge >= 0.3 is 0 Å². The number of nitrogens with zero attached hydrogens (tertiary/aromatic N) is 2. The van der Waals surface area contributed by atoms with Gasteiger partial charge in [0.1, 0.15) is 5.75 Å². The van der Waals surface area contributed by atoms with Crippen molar-refractivity contribution in [2.24, 2.45) is 0 Å². The van der Waals surface area contributed by atoms with Gasteiger partial charge in [0, 0.05) is 17.3 Å². The number of benzene rings is 2. The minimum atomic E-state index is -0.293. The predicted molar refractivity (Wildman–Crippen MR) is 93.4 cm³/mol. The zero-order valence-electron chi connectivity index (χ0n) is 14.3. The largest absolute Gasteiger partial charge is 0.493 e. The predicted octanol–water partition coefficient (Wildman–Crippen LogP) is 2.77. The minimum Gasteiger partial charge on any atom is -0.493 e. The summed E-state index contributed by atoms with van der Waals surface area (Å²) in [7, 11) is 3.08. The monoisotopic (exact) mass is 355 g/mol. The van der Waals surface area contributed by atoms with Crippen LogP contribution in [0, 0.1) is 0 Å². The summed E-state index contributed by atoms with van der Waals surface area (Å²) in [5.41, 5.74) is 1.35. The molecule has 1 heterocycles. The number of hydrogen-bond donors (Lipinski definition) is 1. The van der Waals surface area contributed by atoms with Crippen molar-refractivity contribution in [3.05, 3.63) is 48.9 Å². The van der Waals surface area contributed by atoms with Gasteiger partial charge < -0.3 is 23.9 Å². The SMILES string of the molecule is COc1ccc(NC(=O)COc2ccc(-c3nnco3)cc2)cc1OC. The Morgan fingerprint density at radius 2 is 1.85 bits per heavy atom. The van der Waals surface area contributed by atoms with Crippen LogP contribution in [0.5, 0.6) is 17.2 Å². The molecule has 8 heteroatoms. The summed E-state index contributed by atoms with van der Waals surface area (Å²) < 4.78 is 21.0. The molecule has 3 rings (SSSR count). The number of ether oxygens (including phenoxy) is 3. The molecular formula is C18H17N3O5. The van der Waals surface area contributed by atoms with Crippen LogP contribution in [0.25, 0.3) is 11.5 Å². The second kappa shape index (κ2) is 8.02. The molecule has 0 bridgehead atoms. The Morgan fingerprint density at radius 1 is 1.08 bits per heavy atom. The number of hydrogen-bond acceptors (Lipinski definition) is 7. The third-order valence-electron chi connectivity index (χ3n) is 3.50. The number of amides is 1. The van der Waals surface area contributed by atoms with Crippen LogP contribution >= 0.6 is 0 Å². The van der Waals surface area contributed by atoms with E-state index in [4.69, 9.17) is 18.6 Å². The highest BCUT2D eigenvalue weighted by molar-refractivity contribution is 5.92. The Kier molecular flexibility index (Phi) is 5.33. The molecule has 0 fully saturated rings. The average Bonchev–Trinajstić information content (AvgIpc) is 3.21. The first-order valence-corrected chi connectivity index (χ1v) is 7.71. The van der Waals surface area contributed by atoms with E-state index in [-0.39, 0.29) is 12.5 Å². The molecule has 1 aromatic heterocycles. The van der Waals surface area contributed by atoms with Crippen molar-refractivity contribution in [1.82, 2.24) is 10.2 Å². The van der Waals surface area contributed by atoms with E-state index in [1.807, 2.05) is 0 Å². The van der Waals surface area contributed by atoms with Crippen LogP contribution in [0.15, 0.2) is 53.3 Å². The van der Waals surface area contributed by atoms with E-state index < -0.39 is 0 Å². The summed E-state index contributed by atoms with van der Waals surface area (Å²) in [5.74, 6) is 1.79. The molecule has 134 valence electrons. The first-order valence-electron chi connectivity index (χ1n) is 7.71. The van der Waals surface area contributed by atoms with Crippen molar-refractivity contribution < 1.29 is 23.4 Å². The molecule has 26 heavy (non-hydrogen) atoms. The average molecular weight is 355 g/mol. The third-order valence-corrected chi connectivity index (χ3v) is 3.50. The molecule has 0 radical (unpaired) electrons. The molecule has 0 aliphatic heterocycles. The van der Waals surface area contributed by atoms with E-state index in [0.29, 0.717) is 28.8 Å².